The van der Waals surface area contributed by atoms with Gasteiger partial charge in [-0.15, -0.1) is 0 Å². The minimum atomic E-state index is 0.0492. The van der Waals surface area contributed by atoms with Crippen LogP contribution in [0.4, 0.5) is 0 Å². The number of ether oxygens (including phenoxy) is 1. The van der Waals surface area contributed by atoms with E-state index in [9.17, 15) is 9.59 Å². The number of hydrogen-bond donors (Lipinski definition) is 1. The van der Waals surface area contributed by atoms with Crippen LogP contribution in [0, 0.1) is 0 Å². The summed E-state index contributed by atoms with van der Waals surface area (Å²) in [6.45, 7) is 8.23. The molecule has 6 heteroatoms. The first kappa shape index (κ1) is 24.8. The largest absolute Gasteiger partial charge is 0.497 e. The third kappa shape index (κ3) is 7.90. The Morgan fingerprint density at radius 3 is 2.12 bits per heavy atom. The Kier molecular flexibility index (Phi) is 9.31. The van der Waals surface area contributed by atoms with Gasteiger partial charge in [0.05, 0.1) is 13.7 Å². The molecular weight excluding hydrogens is 414 g/mol. The monoisotopic (exact) mass is 451 g/mol. The van der Waals surface area contributed by atoms with Crippen molar-refractivity contribution in [3.63, 3.8) is 0 Å². The zero-order chi connectivity index (χ0) is 23.6. The number of carbonyl (C=O) groups excluding carboxylic acids is 2. The molecular formula is C27H37N3O3. The Balaban J connectivity index is 1.31. The van der Waals surface area contributed by atoms with E-state index in [4.69, 9.17) is 4.74 Å². The molecule has 178 valence electrons. The number of piperazine rings is 1. The summed E-state index contributed by atoms with van der Waals surface area (Å²) in [6, 6.07) is 16.5. The summed E-state index contributed by atoms with van der Waals surface area (Å²) in [4.78, 5) is 28.9. The molecule has 1 saturated heterocycles. The Morgan fingerprint density at radius 1 is 0.909 bits per heavy atom. The fourth-order valence-electron chi connectivity index (χ4n) is 4.03. The summed E-state index contributed by atoms with van der Waals surface area (Å²) < 4.78 is 5.17. The van der Waals surface area contributed by atoms with Crippen molar-refractivity contribution < 1.29 is 14.3 Å². The molecule has 2 aromatic carbocycles. The molecule has 33 heavy (non-hydrogen) atoms. The number of hydrogen-bond acceptors (Lipinski definition) is 4. The molecule has 0 aliphatic carbocycles. The van der Waals surface area contributed by atoms with Gasteiger partial charge in [-0.3, -0.25) is 14.5 Å². The number of carbonyl (C=O) groups is 2. The first-order valence-electron chi connectivity index (χ1n) is 11.9. The maximum absolute atomic E-state index is 12.6. The van der Waals surface area contributed by atoms with Crippen LogP contribution in [-0.4, -0.2) is 68.0 Å². The second-order valence-electron chi connectivity index (χ2n) is 9.00. The van der Waals surface area contributed by atoms with Crippen LogP contribution in [0.2, 0.25) is 0 Å². The molecule has 0 saturated carbocycles. The molecule has 0 radical (unpaired) electrons. The normalized spacial score (nSPS) is 14.4. The second kappa shape index (κ2) is 12.4. The third-order valence-electron chi connectivity index (χ3n) is 6.26. The predicted molar refractivity (Wildman–Crippen MR) is 132 cm³/mol. The van der Waals surface area contributed by atoms with Crippen LogP contribution < -0.4 is 10.1 Å². The molecule has 1 heterocycles. The van der Waals surface area contributed by atoms with Crippen LogP contribution in [0.3, 0.4) is 0 Å². The molecule has 1 N–H and O–H groups in total. The smallest absolute Gasteiger partial charge is 0.234 e. The quantitative estimate of drug-likeness (QED) is 0.602. The topological polar surface area (TPSA) is 61.9 Å². The van der Waals surface area contributed by atoms with Gasteiger partial charge >= 0.3 is 0 Å². The highest BCUT2D eigenvalue weighted by Crippen LogP contribution is 2.15. The molecule has 0 aromatic heterocycles. The summed E-state index contributed by atoms with van der Waals surface area (Å²) in [6.07, 6.45) is 2.07. The lowest BCUT2D eigenvalue weighted by Crippen LogP contribution is -2.51. The van der Waals surface area contributed by atoms with Crippen molar-refractivity contribution >= 4 is 11.8 Å². The Labute approximate surface area is 197 Å². The highest BCUT2D eigenvalue weighted by molar-refractivity contribution is 5.78. The van der Waals surface area contributed by atoms with E-state index < -0.39 is 0 Å². The van der Waals surface area contributed by atoms with Crippen LogP contribution in [0.1, 0.15) is 42.9 Å². The van der Waals surface area contributed by atoms with E-state index >= 15 is 0 Å². The maximum atomic E-state index is 12.6. The van der Waals surface area contributed by atoms with E-state index in [1.54, 1.807) is 7.11 Å². The zero-order valence-corrected chi connectivity index (χ0v) is 20.2. The number of amides is 2. The van der Waals surface area contributed by atoms with E-state index in [-0.39, 0.29) is 11.8 Å². The first-order valence-corrected chi connectivity index (χ1v) is 11.9. The zero-order valence-electron chi connectivity index (χ0n) is 20.2. The molecule has 1 aliphatic rings. The minimum Gasteiger partial charge on any atom is -0.497 e. The van der Waals surface area contributed by atoms with Gasteiger partial charge in [0, 0.05) is 39.1 Å². The first-order chi connectivity index (χ1) is 15.9. The molecule has 3 rings (SSSR count). The van der Waals surface area contributed by atoms with E-state index in [1.807, 2.05) is 29.2 Å². The van der Waals surface area contributed by atoms with Crippen molar-refractivity contribution in [3.8, 4) is 5.75 Å². The number of rotatable bonds is 10. The van der Waals surface area contributed by atoms with Gasteiger partial charge in [0.15, 0.2) is 0 Å². The number of nitrogens with one attached hydrogen (secondary N) is 1. The van der Waals surface area contributed by atoms with Crippen molar-refractivity contribution in [2.75, 3.05) is 46.4 Å². The maximum Gasteiger partial charge on any atom is 0.234 e. The van der Waals surface area contributed by atoms with Crippen LogP contribution in [-0.2, 0) is 22.4 Å². The van der Waals surface area contributed by atoms with Crippen LogP contribution >= 0.6 is 0 Å². The highest BCUT2D eigenvalue weighted by Gasteiger charge is 2.22. The summed E-state index contributed by atoms with van der Waals surface area (Å²) in [5.74, 6) is 1.58. The molecule has 0 atom stereocenters. The van der Waals surface area contributed by atoms with Crippen LogP contribution in [0.25, 0.3) is 0 Å². The molecule has 0 spiro atoms. The van der Waals surface area contributed by atoms with E-state index in [1.165, 1.54) is 11.1 Å². The standard InChI is InChI=1S/C27H37N3O3/c1-21(2)24-9-4-23(5-10-24)14-15-28-26(31)20-29-16-18-30(19-17-29)27(32)13-8-22-6-11-25(33-3)12-7-22/h4-7,9-12,21H,8,13-20H2,1-3H3,(H,28,31). The van der Waals surface area contributed by atoms with Gasteiger partial charge < -0.3 is 15.0 Å². The van der Waals surface area contributed by atoms with Gasteiger partial charge in [-0.25, -0.2) is 0 Å². The van der Waals surface area contributed by atoms with Crippen LogP contribution in [0.15, 0.2) is 48.5 Å². The van der Waals surface area contributed by atoms with Gasteiger partial charge in [-0.1, -0.05) is 50.2 Å². The molecule has 1 fully saturated rings. The predicted octanol–water partition coefficient (Wildman–Crippen LogP) is 3.25. The van der Waals surface area contributed by atoms with Crippen LogP contribution in [0.5, 0.6) is 5.75 Å². The van der Waals surface area contributed by atoms with Gasteiger partial charge in [0.25, 0.3) is 0 Å². The minimum absolute atomic E-state index is 0.0492. The number of methoxy groups -OCH3 is 1. The fourth-order valence-corrected chi connectivity index (χ4v) is 4.03. The van der Waals surface area contributed by atoms with E-state index in [2.05, 4.69) is 48.3 Å². The number of aryl methyl sites for hydroxylation is 1. The number of nitrogens with zero attached hydrogens (tertiary/aromatic N) is 2. The lowest BCUT2D eigenvalue weighted by Gasteiger charge is -2.34. The van der Waals surface area contributed by atoms with Crippen molar-refractivity contribution in [2.24, 2.45) is 0 Å². The molecule has 2 amide bonds. The average molecular weight is 452 g/mol. The Morgan fingerprint density at radius 2 is 1.52 bits per heavy atom. The Bertz CT molecular complexity index is 886. The van der Waals surface area contributed by atoms with Gasteiger partial charge in [-0.2, -0.15) is 0 Å². The molecule has 0 unspecified atom stereocenters. The second-order valence-corrected chi connectivity index (χ2v) is 9.00. The molecule has 2 aromatic rings. The van der Waals surface area contributed by atoms with E-state index in [0.29, 0.717) is 38.5 Å². The fraction of sp³-hybridized carbons (Fsp3) is 0.481. The van der Waals surface area contributed by atoms with Crippen molar-refractivity contribution in [2.45, 2.75) is 39.0 Å². The van der Waals surface area contributed by atoms with Crippen molar-refractivity contribution in [3.05, 3.63) is 65.2 Å². The highest BCUT2D eigenvalue weighted by atomic mass is 16.5. The Hall–Kier alpha value is -2.86. The van der Waals surface area contributed by atoms with Gasteiger partial charge in [-0.05, 0) is 47.6 Å². The summed E-state index contributed by atoms with van der Waals surface area (Å²) >= 11 is 0. The summed E-state index contributed by atoms with van der Waals surface area (Å²) in [5.41, 5.74) is 3.71. The number of benzene rings is 2. The third-order valence-corrected chi connectivity index (χ3v) is 6.26. The SMILES string of the molecule is COc1ccc(CCC(=O)N2CCN(CC(=O)NCCc3ccc(C(C)C)cc3)CC2)cc1. The lowest BCUT2D eigenvalue weighted by atomic mass is 10.0. The molecule has 6 nitrogen and oxygen atoms in total. The molecule has 1 aliphatic heterocycles. The lowest BCUT2D eigenvalue weighted by molar-refractivity contribution is -0.133. The van der Waals surface area contributed by atoms with Crippen molar-refractivity contribution in [1.29, 1.82) is 0 Å². The summed E-state index contributed by atoms with van der Waals surface area (Å²) in [5, 5.41) is 3.03. The van der Waals surface area contributed by atoms with Crippen molar-refractivity contribution in [1.82, 2.24) is 15.1 Å². The average Bonchev–Trinajstić information content (AvgIpc) is 2.83. The van der Waals surface area contributed by atoms with Gasteiger partial charge in [0.2, 0.25) is 11.8 Å². The van der Waals surface area contributed by atoms with Gasteiger partial charge in [0.1, 0.15) is 5.75 Å². The van der Waals surface area contributed by atoms with E-state index in [0.717, 1.165) is 37.2 Å². The molecule has 0 bridgehead atoms. The summed E-state index contributed by atoms with van der Waals surface area (Å²) in [7, 11) is 1.65.